The van der Waals surface area contributed by atoms with E-state index in [0.29, 0.717) is 17.2 Å². The van der Waals surface area contributed by atoms with Crippen LogP contribution in [0.5, 0.6) is 11.5 Å². The topological polar surface area (TPSA) is 38.3 Å². The number of amides is 1. The van der Waals surface area contributed by atoms with Gasteiger partial charge in [0, 0.05) is 12.6 Å². The normalized spacial score (nSPS) is 9.89. The molecule has 1 amide bonds. The lowest BCUT2D eigenvalue weighted by Crippen LogP contribution is -2.05. The highest BCUT2D eigenvalue weighted by atomic mass is 19.1. The molecule has 4 heteroatoms. The molecule has 0 aromatic heterocycles. The van der Waals surface area contributed by atoms with Crippen molar-refractivity contribution in [3.05, 3.63) is 54.3 Å². The van der Waals surface area contributed by atoms with Gasteiger partial charge in [-0.3, -0.25) is 4.79 Å². The Kier molecular flexibility index (Phi) is 3.57. The van der Waals surface area contributed by atoms with Gasteiger partial charge in [-0.15, -0.1) is 0 Å². The molecular formula is C14H12FNO2. The summed E-state index contributed by atoms with van der Waals surface area (Å²) in [7, 11) is 0. The van der Waals surface area contributed by atoms with Crippen LogP contribution in [0.2, 0.25) is 0 Å². The number of hydrogen-bond acceptors (Lipinski definition) is 2. The Bertz CT molecular complexity index is 535. The Hall–Kier alpha value is -2.36. The van der Waals surface area contributed by atoms with Gasteiger partial charge in [-0.25, -0.2) is 4.39 Å². The van der Waals surface area contributed by atoms with E-state index in [0.717, 1.165) is 0 Å². The minimum Gasteiger partial charge on any atom is -0.457 e. The van der Waals surface area contributed by atoms with Crippen molar-refractivity contribution in [1.82, 2.24) is 0 Å². The molecule has 0 radical (unpaired) electrons. The van der Waals surface area contributed by atoms with Crippen LogP contribution in [0.4, 0.5) is 10.1 Å². The average Bonchev–Trinajstić information content (AvgIpc) is 2.34. The Balaban J connectivity index is 2.06. The maximum Gasteiger partial charge on any atom is 0.221 e. The van der Waals surface area contributed by atoms with E-state index in [2.05, 4.69) is 5.32 Å². The molecule has 3 nitrogen and oxygen atoms in total. The molecule has 0 saturated heterocycles. The molecular weight excluding hydrogens is 233 g/mol. The highest BCUT2D eigenvalue weighted by Crippen LogP contribution is 2.23. The standard InChI is InChI=1S/C14H12FNO2/c1-10(17)16-12-4-8-14(9-5-12)18-13-6-2-11(15)3-7-13/h2-9H,1H3,(H,16,17). The second-order valence-corrected chi connectivity index (χ2v) is 3.76. The summed E-state index contributed by atoms with van der Waals surface area (Å²) in [4.78, 5) is 10.8. The number of benzene rings is 2. The summed E-state index contributed by atoms with van der Waals surface area (Å²) in [6, 6.07) is 12.7. The van der Waals surface area contributed by atoms with Crippen molar-refractivity contribution in [2.75, 3.05) is 5.32 Å². The van der Waals surface area contributed by atoms with Crippen LogP contribution < -0.4 is 10.1 Å². The molecule has 1 N–H and O–H groups in total. The van der Waals surface area contributed by atoms with E-state index in [1.54, 1.807) is 36.4 Å². The molecule has 0 aliphatic rings. The van der Waals surface area contributed by atoms with E-state index < -0.39 is 0 Å². The van der Waals surface area contributed by atoms with Gasteiger partial charge < -0.3 is 10.1 Å². The molecule has 0 fully saturated rings. The zero-order chi connectivity index (χ0) is 13.0. The van der Waals surface area contributed by atoms with Crippen molar-refractivity contribution in [3.8, 4) is 11.5 Å². The first-order chi connectivity index (χ1) is 8.63. The second-order valence-electron chi connectivity index (χ2n) is 3.76. The van der Waals surface area contributed by atoms with Crippen LogP contribution in [-0.2, 0) is 4.79 Å². The molecule has 0 bridgehead atoms. The molecule has 2 rings (SSSR count). The Labute approximate surface area is 104 Å². The average molecular weight is 245 g/mol. The maximum absolute atomic E-state index is 12.7. The molecule has 92 valence electrons. The second kappa shape index (κ2) is 5.31. The van der Waals surface area contributed by atoms with Crippen LogP contribution in [0.25, 0.3) is 0 Å². The number of carbonyl (C=O) groups is 1. The van der Waals surface area contributed by atoms with Crippen LogP contribution >= 0.6 is 0 Å². The van der Waals surface area contributed by atoms with Gasteiger partial charge in [0.1, 0.15) is 17.3 Å². The minimum absolute atomic E-state index is 0.123. The summed E-state index contributed by atoms with van der Waals surface area (Å²) in [5.41, 5.74) is 0.703. The molecule has 18 heavy (non-hydrogen) atoms. The van der Waals surface area contributed by atoms with Gasteiger partial charge >= 0.3 is 0 Å². The smallest absolute Gasteiger partial charge is 0.221 e. The number of ether oxygens (including phenoxy) is 1. The summed E-state index contributed by atoms with van der Waals surface area (Å²) in [6.07, 6.45) is 0. The van der Waals surface area contributed by atoms with Crippen LogP contribution in [-0.4, -0.2) is 5.91 Å². The SMILES string of the molecule is CC(=O)Nc1ccc(Oc2ccc(F)cc2)cc1. The molecule has 2 aromatic carbocycles. The quantitative estimate of drug-likeness (QED) is 0.897. The number of rotatable bonds is 3. The number of anilines is 1. The largest absolute Gasteiger partial charge is 0.457 e. The first-order valence-electron chi connectivity index (χ1n) is 5.44. The first kappa shape index (κ1) is 12.1. The molecule has 0 aliphatic carbocycles. The summed E-state index contributed by atoms with van der Waals surface area (Å²) >= 11 is 0. The number of carbonyl (C=O) groups excluding carboxylic acids is 1. The highest BCUT2D eigenvalue weighted by Gasteiger charge is 1.99. The molecule has 0 aliphatic heterocycles. The monoisotopic (exact) mass is 245 g/mol. The third-order valence-corrected chi connectivity index (χ3v) is 2.22. The molecule has 0 heterocycles. The van der Waals surface area contributed by atoms with Crippen LogP contribution in [0, 0.1) is 5.82 Å². The lowest BCUT2D eigenvalue weighted by Gasteiger charge is -2.07. The fraction of sp³-hybridized carbons (Fsp3) is 0.0714. The van der Waals surface area contributed by atoms with Gasteiger partial charge in [0.25, 0.3) is 0 Å². The third kappa shape index (κ3) is 3.31. The van der Waals surface area contributed by atoms with E-state index in [9.17, 15) is 9.18 Å². The number of hydrogen-bond donors (Lipinski definition) is 1. The summed E-state index contributed by atoms with van der Waals surface area (Å²) in [5.74, 6) is 0.755. The van der Waals surface area contributed by atoms with Crippen LogP contribution in [0.15, 0.2) is 48.5 Å². The summed E-state index contributed by atoms with van der Waals surface area (Å²) in [5, 5.41) is 2.66. The number of halogens is 1. The minimum atomic E-state index is -0.302. The molecule has 0 saturated carbocycles. The van der Waals surface area contributed by atoms with E-state index in [-0.39, 0.29) is 11.7 Å². The predicted molar refractivity (Wildman–Crippen MR) is 67.2 cm³/mol. The molecule has 0 spiro atoms. The van der Waals surface area contributed by atoms with Crippen molar-refractivity contribution in [2.24, 2.45) is 0 Å². The van der Waals surface area contributed by atoms with E-state index in [1.165, 1.54) is 19.1 Å². The molecule has 0 unspecified atom stereocenters. The van der Waals surface area contributed by atoms with Gasteiger partial charge in [0.2, 0.25) is 5.91 Å². The van der Waals surface area contributed by atoms with Crippen molar-refractivity contribution >= 4 is 11.6 Å². The Morgan fingerprint density at radius 3 is 2.00 bits per heavy atom. The Morgan fingerprint density at radius 2 is 1.50 bits per heavy atom. The van der Waals surface area contributed by atoms with Gasteiger partial charge in [-0.2, -0.15) is 0 Å². The van der Waals surface area contributed by atoms with Crippen LogP contribution in [0.1, 0.15) is 6.92 Å². The van der Waals surface area contributed by atoms with Gasteiger partial charge in [-0.05, 0) is 48.5 Å². The van der Waals surface area contributed by atoms with Crippen LogP contribution in [0.3, 0.4) is 0 Å². The summed E-state index contributed by atoms with van der Waals surface area (Å²) in [6.45, 7) is 1.45. The zero-order valence-electron chi connectivity index (χ0n) is 9.81. The predicted octanol–water partition coefficient (Wildman–Crippen LogP) is 3.58. The van der Waals surface area contributed by atoms with Crippen molar-refractivity contribution in [3.63, 3.8) is 0 Å². The van der Waals surface area contributed by atoms with Gasteiger partial charge in [0.15, 0.2) is 0 Å². The molecule has 0 atom stereocenters. The molecule has 2 aromatic rings. The lowest BCUT2D eigenvalue weighted by molar-refractivity contribution is -0.114. The zero-order valence-corrected chi connectivity index (χ0v) is 9.81. The van der Waals surface area contributed by atoms with Gasteiger partial charge in [0.05, 0.1) is 0 Å². The fourth-order valence-corrected chi connectivity index (χ4v) is 1.45. The lowest BCUT2D eigenvalue weighted by atomic mass is 10.3. The number of nitrogens with one attached hydrogen (secondary N) is 1. The van der Waals surface area contributed by atoms with Crippen molar-refractivity contribution < 1.29 is 13.9 Å². The van der Waals surface area contributed by atoms with Crippen molar-refractivity contribution in [2.45, 2.75) is 6.92 Å². The summed E-state index contributed by atoms with van der Waals surface area (Å²) < 4.78 is 18.2. The van der Waals surface area contributed by atoms with Crippen molar-refractivity contribution in [1.29, 1.82) is 0 Å². The Morgan fingerprint density at radius 1 is 1.00 bits per heavy atom. The van der Waals surface area contributed by atoms with Gasteiger partial charge in [-0.1, -0.05) is 0 Å². The first-order valence-corrected chi connectivity index (χ1v) is 5.44. The van der Waals surface area contributed by atoms with E-state index in [1.807, 2.05) is 0 Å². The van der Waals surface area contributed by atoms with E-state index in [4.69, 9.17) is 4.74 Å². The van der Waals surface area contributed by atoms with E-state index >= 15 is 0 Å². The third-order valence-electron chi connectivity index (χ3n) is 2.22. The highest BCUT2D eigenvalue weighted by molar-refractivity contribution is 5.88. The fourth-order valence-electron chi connectivity index (χ4n) is 1.45. The maximum atomic E-state index is 12.7.